The molecule has 1 N–H and O–H groups in total. The molecule has 0 spiro atoms. The van der Waals surface area contributed by atoms with Gasteiger partial charge in [0.15, 0.2) is 5.67 Å². The average molecular weight is 211 g/mol. The number of hydrogen-bond acceptors (Lipinski definition) is 2. The first-order valence-corrected chi connectivity index (χ1v) is 4.63. The quantitative estimate of drug-likeness (QED) is 0.770. The van der Waals surface area contributed by atoms with E-state index in [1.807, 2.05) is 6.07 Å². The zero-order chi connectivity index (χ0) is 10.2. The van der Waals surface area contributed by atoms with Gasteiger partial charge >= 0.3 is 0 Å². The van der Waals surface area contributed by atoms with Gasteiger partial charge in [0.05, 0.1) is 11.6 Å². The molecule has 1 aliphatic rings. The lowest BCUT2D eigenvalue weighted by atomic mass is 9.89. The second kappa shape index (κ2) is 3.23. The summed E-state index contributed by atoms with van der Waals surface area (Å²) in [4.78, 5) is 0. The van der Waals surface area contributed by atoms with Crippen LogP contribution in [0.15, 0.2) is 18.2 Å². The topological polar surface area (TPSA) is 35.8 Å². The van der Waals surface area contributed by atoms with Crippen LogP contribution in [-0.2, 0) is 5.67 Å². The van der Waals surface area contributed by atoms with E-state index < -0.39 is 5.67 Å². The molecule has 2 rings (SSSR count). The van der Waals surface area contributed by atoms with Crippen molar-refractivity contribution in [3.05, 3.63) is 34.3 Å². The Kier molecular flexibility index (Phi) is 2.18. The Balaban J connectivity index is 2.46. The Labute approximate surface area is 86.3 Å². The molecule has 1 aliphatic heterocycles. The summed E-state index contributed by atoms with van der Waals surface area (Å²) >= 11 is 5.87. The van der Waals surface area contributed by atoms with E-state index in [4.69, 9.17) is 16.9 Å². The standard InChI is InChI=1S/C10H8ClFN2/c11-9-2-1-7(4-13)3-8(9)10(12)5-14-6-10/h1-3,14H,5-6H2. The van der Waals surface area contributed by atoms with Crippen molar-refractivity contribution in [2.24, 2.45) is 0 Å². The van der Waals surface area contributed by atoms with Crippen LogP contribution in [0.5, 0.6) is 0 Å². The molecule has 0 unspecified atom stereocenters. The highest BCUT2D eigenvalue weighted by atomic mass is 35.5. The molecule has 1 heterocycles. The van der Waals surface area contributed by atoms with Crippen molar-refractivity contribution in [2.75, 3.05) is 13.1 Å². The van der Waals surface area contributed by atoms with Crippen LogP contribution in [0.1, 0.15) is 11.1 Å². The first-order chi connectivity index (χ1) is 6.65. The molecule has 1 saturated heterocycles. The van der Waals surface area contributed by atoms with Crippen molar-refractivity contribution in [2.45, 2.75) is 5.67 Å². The van der Waals surface area contributed by atoms with Gasteiger partial charge in [0.25, 0.3) is 0 Å². The maximum absolute atomic E-state index is 14.0. The van der Waals surface area contributed by atoms with E-state index in [1.54, 1.807) is 12.1 Å². The fourth-order valence-electron chi connectivity index (χ4n) is 1.47. The van der Waals surface area contributed by atoms with Crippen molar-refractivity contribution in [3.63, 3.8) is 0 Å². The van der Waals surface area contributed by atoms with Crippen LogP contribution < -0.4 is 5.32 Å². The highest BCUT2D eigenvalue weighted by Gasteiger charge is 2.40. The summed E-state index contributed by atoms with van der Waals surface area (Å²) < 4.78 is 14.0. The zero-order valence-corrected chi connectivity index (χ0v) is 8.11. The Bertz CT molecular complexity index is 407. The summed E-state index contributed by atoms with van der Waals surface area (Å²) in [5.41, 5.74) is -0.547. The molecule has 0 amide bonds. The molecule has 4 heteroatoms. The highest BCUT2D eigenvalue weighted by Crippen LogP contribution is 2.35. The number of nitrogens with zero attached hydrogens (tertiary/aromatic N) is 1. The van der Waals surface area contributed by atoms with Crippen LogP contribution in [0, 0.1) is 11.3 Å². The van der Waals surface area contributed by atoms with Gasteiger partial charge in [-0.2, -0.15) is 5.26 Å². The largest absolute Gasteiger partial charge is 0.310 e. The van der Waals surface area contributed by atoms with Crippen LogP contribution >= 0.6 is 11.6 Å². The maximum Gasteiger partial charge on any atom is 0.162 e. The first-order valence-electron chi connectivity index (χ1n) is 4.25. The maximum atomic E-state index is 14.0. The van der Waals surface area contributed by atoms with Gasteiger partial charge in [-0.3, -0.25) is 0 Å². The molecule has 0 bridgehead atoms. The van der Waals surface area contributed by atoms with Gasteiger partial charge in [-0.1, -0.05) is 11.6 Å². The predicted octanol–water partition coefficient (Wildman–Crippen LogP) is 1.98. The summed E-state index contributed by atoms with van der Waals surface area (Å²) in [7, 11) is 0. The van der Waals surface area contributed by atoms with E-state index in [9.17, 15) is 4.39 Å². The fraction of sp³-hybridized carbons (Fsp3) is 0.300. The highest BCUT2D eigenvalue weighted by molar-refractivity contribution is 6.31. The number of nitriles is 1. The second-order valence-corrected chi connectivity index (χ2v) is 3.78. The van der Waals surface area contributed by atoms with Gasteiger partial charge in [-0.25, -0.2) is 4.39 Å². The van der Waals surface area contributed by atoms with Gasteiger partial charge in [-0.15, -0.1) is 0 Å². The van der Waals surface area contributed by atoms with Crippen molar-refractivity contribution >= 4 is 11.6 Å². The van der Waals surface area contributed by atoms with Crippen LogP contribution in [0.4, 0.5) is 4.39 Å². The number of halogens is 2. The van der Waals surface area contributed by atoms with Crippen molar-refractivity contribution < 1.29 is 4.39 Å². The summed E-state index contributed by atoms with van der Waals surface area (Å²) in [6, 6.07) is 6.64. The molecule has 0 saturated carbocycles. The van der Waals surface area contributed by atoms with Crippen molar-refractivity contribution in [1.82, 2.24) is 5.32 Å². The number of rotatable bonds is 1. The molecular weight excluding hydrogens is 203 g/mol. The van der Waals surface area contributed by atoms with E-state index in [-0.39, 0.29) is 13.1 Å². The third-order valence-corrected chi connectivity index (χ3v) is 2.72. The minimum atomic E-state index is -1.40. The third-order valence-electron chi connectivity index (χ3n) is 2.39. The average Bonchev–Trinajstić information content (AvgIpc) is 2.15. The van der Waals surface area contributed by atoms with Gasteiger partial charge in [0.2, 0.25) is 0 Å². The Morgan fingerprint density at radius 2 is 2.21 bits per heavy atom. The van der Waals surface area contributed by atoms with E-state index in [0.29, 0.717) is 16.1 Å². The Morgan fingerprint density at radius 3 is 2.71 bits per heavy atom. The molecule has 72 valence electrons. The van der Waals surface area contributed by atoms with E-state index in [1.165, 1.54) is 6.07 Å². The molecule has 1 aromatic carbocycles. The number of alkyl halides is 1. The van der Waals surface area contributed by atoms with Gasteiger partial charge in [0, 0.05) is 23.7 Å². The number of nitrogens with one attached hydrogen (secondary N) is 1. The van der Waals surface area contributed by atoms with Gasteiger partial charge in [-0.05, 0) is 18.2 Å². The summed E-state index contributed by atoms with van der Waals surface area (Å²) in [5.74, 6) is 0. The van der Waals surface area contributed by atoms with Gasteiger partial charge in [0.1, 0.15) is 0 Å². The number of benzene rings is 1. The van der Waals surface area contributed by atoms with Crippen LogP contribution in [-0.4, -0.2) is 13.1 Å². The lowest BCUT2D eigenvalue weighted by Crippen LogP contribution is -2.53. The summed E-state index contributed by atoms with van der Waals surface area (Å²) in [6.07, 6.45) is 0. The molecule has 1 aromatic rings. The number of hydrogen-bond donors (Lipinski definition) is 1. The predicted molar refractivity (Wildman–Crippen MR) is 51.8 cm³/mol. The van der Waals surface area contributed by atoms with E-state index >= 15 is 0 Å². The molecule has 0 radical (unpaired) electrons. The smallest absolute Gasteiger partial charge is 0.162 e. The second-order valence-electron chi connectivity index (χ2n) is 3.38. The molecule has 14 heavy (non-hydrogen) atoms. The molecule has 0 aliphatic carbocycles. The zero-order valence-electron chi connectivity index (χ0n) is 7.35. The Morgan fingerprint density at radius 1 is 1.50 bits per heavy atom. The SMILES string of the molecule is N#Cc1ccc(Cl)c(C2(F)CNC2)c1. The monoisotopic (exact) mass is 210 g/mol. The van der Waals surface area contributed by atoms with Crippen molar-refractivity contribution in [3.8, 4) is 6.07 Å². The molecule has 0 aromatic heterocycles. The first kappa shape index (κ1) is 9.45. The summed E-state index contributed by atoms with van der Waals surface area (Å²) in [5, 5.41) is 11.9. The third kappa shape index (κ3) is 1.37. The molecule has 2 nitrogen and oxygen atoms in total. The van der Waals surface area contributed by atoms with Crippen LogP contribution in [0.25, 0.3) is 0 Å². The Hall–Kier alpha value is -1.11. The van der Waals surface area contributed by atoms with Crippen LogP contribution in [0.2, 0.25) is 5.02 Å². The van der Waals surface area contributed by atoms with E-state index in [0.717, 1.165) is 0 Å². The molecule has 0 atom stereocenters. The van der Waals surface area contributed by atoms with Gasteiger partial charge < -0.3 is 5.32 Å². The molecular formula is C10H8ClFN2. The fourth-order valence-corrected chi connectivity index (χ4v) is 1.76. The van der Waals surface area contributed by atoms with Crippen LogP contribution in [0.3, 0.4) is 0 Å². The lowest BCUT2D eigenvalue weighted by Gasteiger charge is -2.35. The van der Waals surface area contributed by atoms with E-state index in [2.05, 4.69) is 5.32 Å². The minimum Gasteiger partial charge on any atom is -0.310 e. The normalized spacial score (nSPS) is 18.4. The summed E-state index contributed by atoms with van der Waals surface area (Å²) in [6.45, 7) is 0.531. The molecule has 1 fully saturated rings. The lowest BCUT2D eigenvalue weighted by molar-refractivity contribution is 0.0892. The van der Waals surface area contributed by atoms with Crippen molar-refractivity contribution in [1.29, 1.82) is 5.26 Å². The minimum absolute atomic E-state index is 0.265.